The highest BCUT2D eigenvalue weighted by Gasteiger charge is 2.01. The maximum atomic E-state index is 5.03. The number of ether oxygens (including phenoxy) is 2. The van der Waals surface area contributed by atoms with Crippen LogP contribution in [-0.2, 0) is 22.6 Å². The molecule has 1 rings (SSSR count). The highest BCUT2D eigenvalue weighted by Crippen LogP contribution is 2.01. The van der Waals surface area contributed by atoms with Gasteiger partial charge >= 0.3 is 0 Å². The van der Waals surface area contributed by atoms with E-state index in [1.807, 2.05) is 6.20 Å². The lowest BCUT2D eigenvalue weighted by Gasteiger charge is -2.08. The predicted molar refractivity (Wildman–Crippen MR) is 66.9 cm³/mol. The van der Waals surface area contributed by atoms with Crippen molar-refractivity contribution in [3.8, 4) is 0 Å². The number of hydrogen-bond acceptors (Lipinski definition) is 4. The largest absolute Gasteiger partial charge is 0.385 e. The molecule has 1 aromatic heterocycles. The average Bonchev–Trinajstić information content (AvgIpc) is 2.78. The molecule has 98 valence electrons. The Bertz CT molecular complexity index is 263. The standard InChI is InChI=1S/C12H23N3O2/c1-16-9-4-3-8-15-12(5-6-14-15)11-13-7-10-17-2/h5-6,13H,3-4,7-11H2,1-2H3. The van der Waals surface area contributed by atoms with Crippen LogP contribution in [-0.4, -0.2) is 43.8 Å². The SMILES string of the molecule is COCCCCn1nccc1CNCCOC. The van der Waals surface area contributed by atoms with E-state index < -0.39 is 0 Å². The number of aromatic nitrogens is 2. The van der Waals surface area contributed by atoms with E-state index in [9.17, 15) is 0 Å². The first-order valence-corrected chi connectivity index (χ1v) is 6.07. The number of unbranched alkanes of at least 4 members (excludes halogenated alkanes) is 1. The summed E-state index contributed by atoms with van der Waals surface area (Å²) in [6.07, 6.45) is 4.02. The predicted octanol–water partition coefficient (Wildman–Crippen LogP) is 1.05. The maximum Gasteiger partial charge on any atom is 0.0587 e. The van der Waals surface area contributed by atoms with E-state index in [0.717, 1.165) is 45.7 Å². The molecule has 0 aliphatic heterocycles. The number of methoxy groups -OCH3 is 2. The molecule has 5 heteroatoms. The Morgan fingerprint density at radius 1 is 1.24 bits per heavy atom. The second kappa shape index (κ2) is 9.15. The van der Waals surface area contributed by atoms with Gasteiger partial charge in [-0.05, 0) is 18.9 Å². The van der Waals surface area contributed by atoms with Crippen molar-refractivity contribution < 1.29 is 9.47 Å². The minimum atomic E-state index is 0.738. The summed E-state index contributed by atoms with van der Waals surface area (Å²) in [4.78, 5) is 0. The smallest absolute Gasteiger partial charge is 0.0587 e. The van der Waals surface area contributed by atoms with Crippen LogP contribution in [0.4, 0.5) is 0 Å². The lowest BCUT2D eigenvalue weighted by atomic mass is 10.3. The van der Waals surface area contributed by atoms with Crippen molar-refractivity contribution in [3.63, 3.8) is 0 Å². The first-order valence-electron chi connectivity index (χ1n) is 6.07. The summed E-state index contributed by atoms with van der Waals surface area (Å²) in [7, 11) is 3.45. The van der Waals surface area contributed by atoms with Gasteiger partial charge in [-0.1, -0.05) is 0 Å². The molecule has 1 N–H and O–H groups in total. The van der Waals surface area contributed by atoms with Crippen LogP contribution in [0, 0.1) is 0 Å². The van der Waals surface area contributed by atoms with Crippen LogP contribution in [0.15, 0.2) is 12.3 Å². The molecule has 1 heterocycles. The van der Waals surface area contributed by atoms with Crippen molar-refractivity contribution in [1.29, 1.82) is 0 Å². The fourth-order valence-corrected chi connectivity index (χ4v) is 1.61. The van der Waals surface area contributed by atoms with E-state index in [0.29, 0.717) is 0 Å². The van der Waals surface area contributed by atoms with Gasteiger partial charge in [-0.15, -0.1) is 0 Å². The molecule has 0 spiro atoms. The minimum absolute atomic E-state index is 0.738. The Morgan fingerprint density at radius 2 is 2.06 bits per heavy atom. The third kappa shape index (κ3) is 5.81. The number of hydrogen-bond donors (Lipinski definition) is 1. The van der Waals surface area contributed by atoms with Crippen LogP contribution < -0.4 is 5.32 Å². The molecule has 1 aromatic rings. The molecular weight excluding hydrogens is 218 g/mol. The van der Waals surface area contributed by atoms with E-state index in [1.165, 1.54) is 5.69 Å². The zero-order valence-electron chi connectivity index (χ0n) is 10.8. The summed E-state index contributed by atoms with van der Waals surface area (Å²) in [5.41, 5.74) is 1.22. The van der Waals surface area contributed by atoms with Crippen LogP contribution in [0.25, 0.3) is 0 Å². The summed E-state index contributed by atoms with van der Waals surface area (Å²) in [5, 5.41) is 7.64. The second-order valence-corrected chi connectivity index (χ2v) is 3.92. The highest BCUT2D eigenvalue weighted by molar-refractivity contribution is 4.99. The molecule has 0 atom stereocenters. The van der Waals surface area contributed by atoms with E-state index in [4.69, 9.17) is 9.47 Å². The molecule has 17 heavy (non-hydrogen) atoms. The van der Waals surface area contributed by atoms with E-state index in [2.05, 4.69) is 21.2 Å². The van der Waals surface area contributed by atoms with Crippen LogP contribution in [0.1, 0.15) is 18.5 Å². The number of aryl methyl sites for hydroxylation is 1. The molecule has 0 unspecified atom stereocenters. The average molecular weight is 241 g/mol. The van der Waals surface area contributed by atoms with Crippen LogP contribution in [0.3, 0.4) is 0 Å². The molecule has 0 saturated carbocycles. The normalized spacial score (nSPS) is 10.9. The van der Waals surface area contributed by atoms with Gasteiger partial charge < -0.3 is 14.8 Å². The van der Waals surface area contributed by atoms with Crippen molar-refractivity contribution in [2.75, 3.05) is 34.0 Å². The third-order valence-electron chi connectivity index (χ3n) is 2.56. The first kappa shape index (κ1) is 14.2. The Kier molecular flexibility index (Phi) is 7.62. The minimum Gasteiger partial charge on any atom is -0.385 e. The Labute approximate surface area is 103 Å². The van der Waals surface area contributed by atoms with Gasteiger partial charge in [-0.2, -0.15) is 5.10 Å². The van der Waals surface area contributed by atoms with Gasteiger partial charge in [0.2, 0.25) is 0 Å². The molecule has 0 bridgehead atoms. The Hall–Kier alpha value is -0.910. The van der Waals surface area contributed by atoms with Crippen molar-refractivity contribution in [1.82, 2.24) is 15.1 Å². The number of nitrogens with zero attached hydrogens (tertiary/aromatic N) is 2. The molecule has 0 fully saturated rings. The summed E-state index contributed by atoms with van der Waals surface area (Å²) >= 11 is 0. The molecule has 0 amide bonds. The molecular formula is C12H23N3O2. The Balaban J connectivity index is 2.22. The quantitative estimate of drug-likeness (QED) is 0.622. The van der Waals surface area contributed by atoms with E-state index >= 15 is 0 Å². The molecule has 0 saturated heterocycles. The van der Waals surface area contributed by atoms with Crippen molar-refractivity contribution in [2.45, 2.75) is 25.9 Å². The van der Waals surface area contributed by atoms with Gasteiger partial charge in [0.1, 0.15) is 0 Å². The Morgan fingerprint density at radius 3 is 2.82 bits per heavy atom. The fourth-order valence-electron chi connectivity index (χ4n) is 1.61. The first-order chi connectivity index (χ1) is 8.38. The monoisotopic (exact) mass is 241 g/mol. The molecule has 5 nitrogen and oxygen atoms in total. The van der Waals surface area contributed by atoms with E-state index in [-0.39, 0.29) is 0 Å². The van der Waals surface area contributed by atoms with Gasteiger partial charge in [0, 0.05) is 46.7 Å². The summed E-state index contributed by atoms with van der Waals surface area (Å²) in [5.74, 6) is 0. The van der Waals surface area contributed by atoms with Crippen molar-refractivity contribution >= 4 is 0 Å². The zero-order valence-corrected chi connectivity index (χ0v) is 10.8. The van der Waals surface area contributed by atoms with Gasteiger partial charge in [0.05, 0.1) is 12.3 Å². The van der Waals surface area contributed by atoms with Crippen molar-refractivity contribution in [2.24, 2.45) is 0 Å². The molecule has 0 aromatic carbocycles. The molecule has 0 aliphatic rings. The number of rotatable bonds is 10. The molecule has 0 aliphatic carbocycles. The van der Waals surface area contributed by atoms with Gasteiger partial charge in [0.25, 0.3) is 0 Å². The summed E-state index contributed by atoms with van der Waals surface area (Å²) < 4.78 is 12.1. The van der Waals surface area contributed by atoms with Gasteiger partial charge in [-0.3, -0.25) is 4.68 Å². The van der Waals surface area contributed by atoms with Crippen LogP contribution in [0.5, 0.6) is 0 Å². The maximum absolute atomic E-state index is 5.03. The van der Waals surface area contributed by atoms with E-state index in [1.54, 1.807) is 14.2 Å². The van der Waals surface area contributed by atoms with Crippen LogP contribution in [0.2, 0.25) is 0 Å². The number of nitrogens with one attached hydrogen (secondary N) is 1. The molecule has 0 radical (unpaired) electrons. The summed E-state index contributed by atoms with van der Waals surface area (Å²) in [6.45, 7) is 4.22. The lowest BCUT2D eigenvalue weighted by Crippen LogP contribution is -2.21. The fraction of sp³-hybridized carbons (Fsp3) is 0.750. The zero-order chi connectivity index (χ0) is 12.3. The third-order valence-corrected chi connectivity index (χ3v) is 2.56. The van der Waals surface area contributed by atoms with Gasteiger partial charge in [0.15, 0.2) is 0 Å². The van der Waals surface area contributed by atoms with Gasteiger partial charge in [-0.25, -0.2) is 0 Å². The lowest BCUT2D eigenvalue weighted by molar-refractivity contribution is 0.190. The van der Waals surface area contributed by atoms with Crippen molar-refractivity contribution in [3.05, 3.63) is 18.0 Å². The topological polar surface area (TPSA) is 48.3 Å². The van der Waals surface area contributed by atoms with Crippen LogP contribution >= 0.6 is 0 Å². The summed E-state index contributed by atoms with van der Waals surface area (Å²) in [6, 6.07) is 2.05. The highest BCUT2D eigenvalue weighted by atomic mass is 16.5. The second-order valence-electron chi connectivity index (χ2n) is 3.92.